The average Bonchev–Trinajstić information content (AvgIpc) is 3.13. The number of Topliss-reactive ketones (excluding diaryl/α,β-unsaturated/α-hetero) is 1. The fourth-order valence-electron chi connectivity index (χ4n) is 2.51. The number of carbonyl (C=O) groups is 1. The quantitative estimate of drug-likeness (QED) is 0.432. The second-order valence-electron chi connectivity index (χ2n) is 5.98. The minimum atomic E-state index is -0.755. The lowest BCUT2D eigenvalue weighted by atomic mass is 10.1. The fourth-order valence-corrected chi connectivity index (χ4v) is 3.38. The molecule has 3 rings (SSSR count). The number of phenolic OH excluding ortho intramolecular Hbond substituents is 1. The maximum Gasteiger partial charge on any atom is 0.332 e. The molecular formula is C16H17N7O4S. The highest BCUT2D eigenvalue weighted by Gasteiger charge is 2.27. The number of nitrogens with two attached hydrogens (primary N) is 1. The van der Waals surface area contributed by atoms with Crippen LogP contribution in [0, 0.1) is 0 Å². The number of tetrazole rings is 1. The van der Waals surface area contributed by atoms with Gasteiger partial charge in [0.05, 0.1) is 10.9 Å². The van der Waals surface area contributed by atoms with Crippen molar-refractivity contribution in [3.63, 3.8) is 0 Å². The van der Waals surface area contributed by atoms with Gasteiger partial charge < -0.3 is 10.8 Å². The summed E-state index contributed by atoms with van der Waals surface area (Å²) in [5.41, 5.74) is 4.81. The van der Waals surface area contributed by atoms with Crippen LogP contribution < -0.4 is 17.0 Å². The first-order valence-corrected chi connectivity index (χ1v) is 8.94. The Bertz CT molecular complexity index is 1160. The molecule has 146 valence electrons. The number of anilines is 1. The number of benzene rings is 1. The summed E-state index contributed by atoms with van der Waals surface area (Å²) in [6.45, 7) is 1.59. The van der Waals surface area contributed by atoms with Crippen molar-refractivity contribution in [1.82, 2.24) is 29.3 Å². The first-order chi connectivity index (χ1) is 13.2. The van der Waals surface area contributed by atoms with Crippen LogP contribution in [0.15, 0.2) is 39.0 Å². The van der Waals surface area contributed by atoms with Crippen LogP contribution in [-0.4, -0.2) is 45.5 Å². The molecule has 0 amide bonds. The van der Waals surface area contributed by atoms with Gasteiger partial charge in [-0.2, -0.15) is 4.68 Å². The van der Waals surface area contributed by atoms with E-state index in [0.717, 1.165) is 20.9 Å². The molecule has 0 fully saturated rings. The van der Waals surface area contributed by atoms with Gasteiger partial charge >= 0.3 is 5.69 Å². The molecule has 0 radical (unpaired) electrons. The molecule has 0 aliphatic heterocycles. The number of aromatic hydroxyl groups is 1. The van der Waals surface area contributed by atoms with Crippen molar-refractivity contribution in [2.24, 2.45) is 14.1 Å². The number of carbonyl (C=O) groups excluding carboxylic acids is 1. The number of hydrogen-bond donors (Lipinski definition) is 2. The predicted molar refractivity (Wildman–Crippen MR) is 102 cm³/mol. The highest BCUT2D eigenvalue weighted by atomic mass is 32.2. The van der Waals surface area contributed by atoms with Gasteiger partial charge in [0.2, 0.25) is 5.16 Å². The Morgan fingerprint density at radius 1 is 1.18 bits per heavy atom. The number of nitrogen functional groups attached to an aromatic ring is 1. The molecule has 3 aromatic rings. The van der Waals surface area contributed by atoms with Crippen LogP contribution in [0.2, 0.25) is 0 Å². The molecule has 2 heterocycles. The summed E-state index contributed by atoms with van der Waals surface area (Å²) in [5, 5.41) is 20.4. The van der Waals surface area contributed by atoms with Crippen molar-refractivity contribution < 1.29 is 9.90 Å². The summed E-state index contributed by atoms with van der Waals surface area (Å²) in [6.07, 6.45) is 0. The van der Waals surface area contributed by atoms with Crippen molar-refractivity contribution in [1.29, 1.82) is 0 Å². The smallest absolute Gasteiger partial charge is 0.332 e. The monoisotopic (exact) mass is 403 g/mol. The first kappa shape index (κ1) is 19.4. The molecular weight excluding hydrogens is 386 g/mol. The second-order valence-corrected chi connectivity index (χ2v) is 7.29. The van der Waals surface area contributed by atoms with Gasteiger partial charge in [-0.3, -0.25) is 18.7 Å². The summed E-state index contributed by atoms with van der Waals surface area (Å²) in [5.74, 6) is -0.641. The van der Waals surface area contributed by atoms with Gasteiger partial charge in [0.1, 0.15) is 17.1 Å². The summed E-state index contributed by atoms with van der Waals surface area (Å²) in [7, 11) is 2.67. The van der Waals surface area contributed by atoms with Crippen LogP contribution in [-0.2, 0) is 14.1 Å². The van der Waals surface area contributed by atoms with E-state index in [1.54, 1.807) is 19.1 Å². The summed E-state index contributed by atoms with van der Waals surface area (Å²) in [6, 6.07) is 6.19. The lowest BCUT2D eigenvalue weighted by Crippen LogP contribution is -2.42. The molecule has 0 aliphatic carbocycles. The molecule has 2 aromatic heterocycles. The Labute approximate surface area is 162 Å². The van der Waals surface area contributed by atoms with Crippen LogP contribution in [0.5, 0.6) is 5.75 Å². The second kappa shape index (κ2) is 7.31. The molecule has 11 nitrogen and oxygen atoms in total. The van der Waals surface area contributed by atoms with Gasteiger partial charge in [0.25, 0.3) is 5.56 Å². The van der Waals surface area contributed by atoms with Crippen molar-refractivity contribution >= 4 is 23.4 Å². The van der Waals surface area contributed by atoms with Gasteiger partial charge in [-0.15, -0.1) is 5.10 Å². The Hall–Kier alpha value is -3.41. The molecule has 1 unspecified atom stereocenters. The minimum Gasteiger partial charge on any atom is -0.508 e. The Balaban J connectivity index is 1.94. The molecule has 1 atom stereocenters. The van der Waals surface area contributed by atoms with E-state index in [-0.39, 0.29) is 17.1 Å². The Morgan fingerprint density at radius 2 is 1.82 bits per heavy atom. The maximum absolute atomic E-state index is 12.9. The van der Waals surface area contributed by atoms with Crippen LogP contribution in [0.4, 0.5) is 5.82 Å². The van der Waals surface area contributed by atoms with Gasteiger partial charge in [0.15, 0.2) is 5.78 Å². The average molecular weight is 403 g/mol. The highest BCUT2D eigenvalue weighted by Crippen LogP contribution is 2.26. The largest absolute Gasteiger partial charge is 0.508 e. The van der Waals surface area contributed by atoms with Crippen molar-refractivity contribution in [3.05, 3.63) is 50.7 Å². The maximum atomic E-state index is 12.9. The van der Waals surface area contributed by atoms with E-state index in [0.29, 0.717) is 10.8 Å². The third-order valence-corrected chi connectivity index (χ3v) is 5.18. The summed E-state index contributed by atoms with van der Waals surface area (Å²) < 4.78 is 3.28. The van der Waals surface area contributed by atoms with Crippen molar-refractivity contribution in [2.75, 3.05) is 5.73 Å². The lowest BCUT2D eigenvalue weighted by Gasteiger charge is -2.14. The Morgan fingerprint density at radius 3 is 2.46 bits per heavy atom. The van der Waals surface area contributed by atoms with E-state index in [1.807, 2.05) is 0 Å². The van der Waals surface area contributed by atoms with Crippen LogP contribution in [0.1, 0.15) is 17.3 Å². The number of thioether (sulfide) groups is 1. The summed E-state index contributed by atoms with van der Waals surface area (Å²) in [4.78, 5) is 37.2. The minimum absolute atomic E-state index is 0.0931. The third kappa shape index (κ3) is 3.29. The number of phenols is 1. The molecule has 0 spiro atoms. The van der Waals surface area contributed by atoms with Crippen LogP contribution in [0.3, 0.4) is 0 Å². The topological polar surface area (TPSA) is 151 Å². The molecule has 12 heteroatoms. The van der Waals surface area contributed by atoms with E-state index in [2.05, 4.69) is 15.5 Å². The first-order valence-electron chi connectivity index (χ1n) is 8.06. The van der Waals surface area contributed by atoms with Crippen molar-refractivity contribution in [3.8, 4) is 11.4 Å². The van der Waals surface area contributed by atoms with E-state index in [1.165, 1.54) is 30.9 Å². The standard InChI is InChI=1S/C16H17N7O4S/c1-8(12(25)11-13(17)21(2)16(27)22(3)14(11)26)28-15-18-19-20-23(15)9-4-6-10(24)7-5-9/h4-8,24H,17H2,1-3H3. The molecule has 3 N–H and O–H groups in total. The number of hydrogen-bond acceptors (Lipinski definition) is 9. The van der Waals surface area contributed by atoms with Gasteiger partial charge in [-0.05, 0) is 41.6 Å². The fraction of sp³-hybridized carbons (Fsp3) is 0.250. The van der Waals surface area contributed by atoms with Gasteiger partial charge in [0, 0.05) is 14.1 Å². The zero-order chi connectivity index (χ0) is 20.6. The molecule has 0 saturated carbocycles. The van der Waals surface area contributed by atoms with Gasteiger partial charge in [-0.1, -0.05) is 11.8 Å². The van der Waals surface area contributed by atoms with E-state index in [9.17, 15) is 19.5 Å². The predicted octanol–water partition coefficient (Wildman–Crippen LogP) is -0.289. The zero-order valence-corrected chi connectivity index (χ0v) is 16.0. The molecule has 28 heavy (non-hydrogen) atoms. The van der Waals surface area contributed by atoms with Gasteiger partial charge in [-0.25, -0.2) is 4.79 Å². The molecule has 1 aromatic carbocycles. The van der Waals surface area contributed by atoms with E-state index in [4.69, 9.17) is 5.73 Å². The molecule has 0 aliphatic rings. The highest BCUT2D eigenvalue weighted by molar-refractivity contribution is 8.00. The molecule has 0 saturated heterocycles. The third-order valence-electron chi connectivity index (χ3n) is 4.14. The van der Waals surface area contributed by atoms with E-state index >= 15 is 0 Å². The SMILES string of the molecule is CC(Sc1nnnn1-c1ccc(O)cc1)C(=O)c1c(N)n(C)c(=O)n(C)c1=O. The van der Waals surface area contributed by atoms with Crippen LogP contribution >= 0.6 is 11.8 Å². The summed E-state index contributed by atoms with van der Waals surface area (Å²) >= 11 is 1.04. The van der Waals surface area contributed by atoms with Crippen molar-refractivity contribution in [2.45, 2.75) is 17.3 Å². The number of nitrogens with zero attached hydrogens (tertiary/aromatic N) is 6. The zero-order valence-electron chi connectivity index (χ0n) is 15.2. The number of rotatable bonds is 5. The Kier molecular flexibility index (Phi) is 5.05. The number of ketones is 1. The van der Waals surface area contributed by atoms with E-state index < -0.39 is 22.3 Å². The normalized spacial score (nSPS) is 12.1. The lowest BCUT2D eigenvalue weighted by molar-refractivity contribution is 0.0992. The molecule has 0 bridgehead atoms. The number of aromatic nitrogens is 6. The van der Waals surface area contributed by atoms with Crippen LogP contribution in [0.25, 0.3) is 5.69 Å².